The molecule has 1 nitrogen and oxygen atoms in total. The molecule has 56 heavy (non-hydrogen) atoms. The predicted octanol–water partition coefficient (Wildman–Crippen LogP) is 14.4. The van der Waals surface area contributed by atoms with Crippen LogP contribution >= 0.6 is 0 Å². The van der Waals surface area contributed by atoms with E-state index in [2.05, 4.69) is 208 Å². The Hall–Kier alpha value is -6.70. The molecule has 12 rings (SSSR count). The van der Waals surface area contributed by atoms with Crippen molar-refractivity contribution >= 4 is 38.6 Å². The first-order chi connectivity index (χ1) is 27.4. The first-order valence-corrected chi connectivity index (χ1v) is 19.8. The maximum Gasteiger partial charge on any atom is 0.0725 e. The molecule has 0 aliphatic heterocycles. The summed E-state index contributed by atoms with van der Waals surface area (Å²) in [6, 6.07) is 68.2. The zero-order valence-electron chi connectivity index (χ0n) is 31.8. The van der Waals surface area contributed by atoms with E-state index in [1.165, 1.54) is 93.9 Å². The second kappa shape index (κ2) is 11.2. The molecule has 0 heterocycles. The molecule has 9 aromatic carbocycles. The van der Waals surface area contributed by atoms with Gasteiger partial charge in [-0.1, -0.05) is 153 Å². The quantitative estimate of drug-likeness (QED) is 0.172. The number of hydrogen-bond acceptors (Lipinski definition) is 1. The fourth-order valence-electron chi connectivity index (χ4n) is 10.7. The Balaban J connectivity index is 0.898. The maximum atomic E-state index is 2.41. The van der Waals surface area contributed by atoms with Crippen molar-refractivity contribution in [2.75, 3.05) is 4.90 Å². The molecule has 0 N–H and O–H groups in total. The third-order valence-electron chi connectivity index (χ3n) is 13.3. The van der Waals surface area contributed by atoms with Crippen molar-refractivity contribution in [3.63, 3.8) is 0 Å². The van der Waals surface area contributed by atoms with Crippen molar-refractivity contribution in [1.82, 2.24) is 0 Å². The predicted molar refractivity (Wildman–Crippen MR) is 235 cm³/mol. The molecule has 1 heteroatoms. The van der Waals surface area contributed by atoms with Gasteiger partial charge in [-0.15, -0.1) is 0 Å². The molecule has 1 spiro atoms. The molecular formula is C55H39N. The fraction of sp³-hybridized carbons (Fsp3) is 0.0909. The van der Waals surface area contributed by atoms with Crippen LogP contribution in [0.2, 0.25) is 0 Å². The number of nitrogens with zero attached hydrogens (tertiary/aromatic N) is 1. The first-order valence-electron chi connectivity index (χ1n) is 19.8. The summed E-state index contributed by atoms with van der Waals surface area (Å²) in [5.41, 5.74) is 20.8. The highest BCUT2D eigenvalue weighted by Gasteiger charge is 2.54. The summed E-state index contributed by atoms with van der Waals surface area (Å²) in [4.78, 5) is 2.38. The molecule has 3 aliphatic rings. The molecule has 0 fully saturated rings. The van der Waals surface area contributed by atoms with Gasteiger partial charge in [0.15, 0.2) is 0 Å². The van der Waals surface area contributed by atoms with Crippen molar-refractivity contribution in [2.45, 2.75) is 31.6 Å². The highest BCUT2D eigenvalue weighted by atomic mass is 15.1. The lowest BCUT2D eigenvalue weighted by Crippen LogP contribution is -2.43. The van der Waals surface area contributed by atoms with Gasteiger partial charge in [-0.2, -0.15) is 0 Å². The van der Waals surface area contributed by atoms with Crippen LogP contribution in [-0.2, 0) is 10.8 Å². The minimum absolute atomic E-state index is 0.0241. The summed E-state index contributed by atoms with van der Waals surface area (Å²) in [5.74, 6) is 0. The minimum Gasteiger partial charge on any atom is -0.310 e. The zero-order chi connectivity index (χ0) is 37.3. The molecule has 0 saturated carbocycles. The third-order valence-corrected chi connectivity index (χ3v) is 13.3. The highest BCUT2D eigenvalue weighted by molar-refractivity contribution is 6.13. The lowest BCUT2D eigenvalue weighted by Gasteiger charge is -2.52. The number of fused-ring (bicyclic) bond motifs is 7. The van der Waals surface area contributed by atoms with Gasteiger partial charge in [0.25, 0.3) is 0 Å². The van der Waals surface area contributed by atoms with Gasteiger partial charge < -0.3 is 4.90 Å². The number of hydrogen-bond donors (Lipinski definition) is 0. The Labute approximate surface area is 328 Å². The molecular weight excluding hydrogens is 675 g/mol. The van der Waals surface area contributed by atoms with Crippen molar-refractivity contribution in [3.05, 3.63) is 221 Å². The second-order valence-corrected chi connectivity index (χ2v) is 16.5. The fourth-order valence-corrected chi connectivity index (χ4v) is 10.7. The van der Waals surface area contributed by atoms with E-state index in [1.807, 2.05) is 0 Å². The van der Waals surface area contributed by atoms with Crippen LogP contribution in [-0.4, -0.2) is 0 Å². The summed E-state index contributed by atoms with van der Waals surface area (Å²) in [6.45, 7) is 6.87. The number of rotatable bonds is 5. The molecule has 9 aromatic rings. The van der Waals surface area contributed by atoms with Crippen LogP contribution in [0, 0.1) is 6.92 Å². The maximum absolute atomic E-state index is 2.41. The molecule has 0 radical (unpaired) electrons. The number of anilines is 3. The average molecular weight is 714 g/mol. The van der Waals surface area contributed by atoms with Crippen LogP contribution < -0.4 is 4.90 Å². The summed E-state index contributed by atoms with van der Waals surface area (Å²) < 4.78 is 0. The van der Waals surface area contributed by atoms with Crippen LogP contribution in [0.1, 0.15) is 52.8 Å². The van der Waals surface area contributed by atoms with Gasteiger partial charge >= 0.3 is 0 Å². The topological polar surface area (TPSA) is 3.24 Å². The first kappa shape index (κ1) is 31.6. The van der Waals surface area contributed by atoms with Crippen LogP contribution in [0.15, 0.2) is 182 Å². The van der Waals surface area contributed by atoms with E-state index < -0.39 is 0 Å². The second-order valence-electron chi connectivity index (χ2n) is 16.5. The SMILES string of the molecule is Cc1cccc(N(c2ccc(-c3ccc4c(c3)C(C)(C)c3ccccc3-4)cc2)c2ccc(-c3ccc4c5c(cccc35)C43c4cccc5cccc3c45)cc2)c1. The Morgan fingerprint density at radius 2 is 0.946 bits per heavy atom. The lowest BCUT2D eigenvalue weighted by molar-refractivity contribution is 0.660. The smallest absolute Gasteiger partial charge is 0.0725 e. The highest BCUT2D eigenvalue weighted by Crippen LogP contribution is 2.65. The van der Waals surface area contributed by atoms with Gasteiger partial charge in [-0.25, -0.2) is 0 Å². The van der Waals surface area contributed by atoms with Crippen LogP contribution in [0.5, 0.6) is 0 Å². The molecule has 0 atom stereocenters. The van der Waals surface area contributed by atoms with Crippen molar-refractivity contribution < 1.29 is 0 Å². The van der Waals surface area contributed by atoms with Gasteiger partial charge in [-0.05, 0) is 143 Å². The zero-order valence-corrected chi connectivity index (χ0v) is 31.8. The normalized spacial score (nSPS) is 14.6. The average Bonchev–Trinajstić information content (AvgIpc) is 3.46. The van der Waals surface area contributed by atoms with Gasteiger partial charge in [0.1, 0.15) is 0 Å². The van der Waals surface area contributed by atoms with Gasteiger partial charge in [0.2, 0.25) is 0 Å². The van der Waals surface area contributed by atoms with Crippen molar-refractivity contribution in [3.8, 4) is 33.4 Å². The minimum atomic E-state index is -0.0970. The van der Waals surface area contributed by atoms with Gasteiger partial charge in [0, 0.05) is 22.5 Å². The lowest BCUT2D eigenvalue weighted by atomic mass is 9.49. The standard InChI is InChI=1S/C55H39N/c1-34-10-6-13-41(32-34)56(39-25-20-35(21-26-39)38-24-29-44-43-14-4-5-16-46(43)54(2,3)51(44)33-38)40-27-22-36(23-28-40)42-30-31-50-53-45(42)15-9-19-49(53)55(50)47-17-7-11-37-12-8-18-48(55)52(37)47/h4-33H,1-3H3. The number of aryl methyl sites for hydroxylation is 1. The Morgan fingerprint density at radius 3 is 1.68 bits per heavy atom. The molecule has 0 bridgehead atoms. The largest absolute Gasteiger partial charge is 0.310 e. The van der Waals surface area contributed by atoms with Crippen molar-refractivity contribution in [1.29, 1.82) is 0 Å². The summed E-state index contributed by atoms with van der Waals surface area (Å²) in [7, 11) is 0. The van der Waals surface area contributed by atoms with Crippen LogP contribution in [0.4, 0.5) is 17.1 Å². The van der Waals surface area contributed by atoms with E-state index in [4.69, 9.17) is 0 Å². The van der Waals surface area contributed by atoms with E-state index in [0.29, 0.717) is 0 Å². The Kier molecular flexibility index (Phi) is 6.32. The molecule has 0 amide bonds. The van der Waals surface area contributed by atoms with Crippen LogP contribution in [0.25, 0.3) is 54.9 Å². The molecule has 264 valence electrons. The van der Waals surface area contributed by atoms with Crippen molar-refractivity contribution in [2.24, 2.45) is 0 Å². The van der Waals surface area contributed by atoms with E-state index >= 15 is 0 Å². The van der Waals surface area contributed by atoms with E-state index in [9.17, 15) is 0 Å². The van der Waals surface area contributed by atoms with E-state index in [1.54, 1.807) is 0 Å². The summed E-state index contributed by atoms with van der Waals surface area (Å²) >= 11 is 0. The van der Waals surface area contributed by atoms with E-state index in [-0.39, 0.29) is 10.8 Å². The molecule has 0 saturated heterocycles. The number of benzene rings is 9. The molecule has 0 aromatic heterocycles. The van der Waals surface area contributed by atoms with E-state index in [0.717, 1.165) is 17.1 Å². The molecule has 3 aliphatic carbocycles. The molecule has 0 unspecified atom stereocenters. The summed E-state index contributed by atoms with van der Waals surface area (Å²) in [6.07, 6.45) is 0. The summed E-state index contributed by atoms with van der Waals surface area (Å²) in [5, 5.41) is 5.52. The van der Waals surface area contributed by atoms with Gasteiger partial charge in [0.05, 0.1) is 5.41 Å². The third kappa shape index (κ3) is 4.05. The van der Waals surface area contributed by atoms with Gasteiger partial charge in [-0.3, -0.25) is 0 Å². The van der Waals surface area contributed by atoms with Crippen LogP contribution in [0.3, 0.4) is 0 Å². The Morgan fingerprint density at radius 1 is 0.375 bits per heavy atom. The monoisotopic (exact) mass is 713 g/mol. The Bertz CT molecular complexity index is 3060.